The third-order valence-corrected chi connectivity index (χ3v) is 3.31. The number of hydrogen-bond donors (Lipinski definition) is 2. The maximum atomic E-state index is 11.8. The van der Waals surface area contributed by atoms with Gasteiger partial charge in [0.25, 0.3) is 0 Å². The molecule has 5 nitrogen and oxygen atoms in total. The first kappa shape index (κ1) is 14.2. The zero-order valence-electron chi connectivity index (χ0n) is 10.8. The van der Waals surface area contributed by atoms with Crippen LogP contribution in [0, 0.1) is 0 Å². The molecule has 1 aliphatic rings. The molecule has 1 fully saturated rings. The number of nitrogens with two attached hydrogens (primary N) is 1. The van der Waals surface area contributed by atoms with Crippen molar-refractivity contribution in [1.29, 1.82) is 0 Å². The van der Waals surface area contributed by atoms with E-state index in [2.05, 4.69) is 10.2 Å². The van der Waals surface area contributed by atoms with Gasteiger partial charge in [0.05, 0.1) is 11.0 Å². The number of amides is 2. The molecule has 1 unspecified atom stereocenters. The van der Waals surface area contributed by atoms with Gasteiger partial charge in [0.15, 0.2) is 0 Å². The van der Waals surface area contributed by atoms with Crippen molar-refractivity contribution in [2.24, 2.45) is 5.73 Å². The molecule has 3 N–H and O–H groups in total. The van der Waals surface area contributed by atoms with Crippen molar-refractivity contribution in [2.45, 2.75) is 32.9 Å². The number of carbonyl (C=O) groups excluding carboxylic acids is 1. The molecule has 0 saturated carbocycles. The van der Waals surface area contributed by atoms with E-state index in [1.54, 1.807) is 0 Å². The average molecular weight is 258 g/mol. The van der Waals surface area contributed by atoms with E-state index in [0.717, 1.165) is 26.2 Å². The maximum absolute atomic E-state index is 11.8. The topological polar surface area (TPSA) is 61.6 Å². The number of rotatable bonds is 3. The summed E-state index contributed by atoms with van der Waals surface area (Å²) in [6.07, 6.45) is 0. The number of carbonyl (C=O) groups is 1. The monoisotopic (exact) mass is 258 g/mol. The Morgan fingerprint density at radius 2 is 1.76 bits per heavy atom. The van der Waals surface area contributed by atoms with Crippen LogP contribution in [0.4, 0.5) is 4.79 Å². The zero-order valence-corrected chi connectivity index (χ0v) is 11.6. The summed E-state index contributed by atoms with van der Waals surface area (Å²) in [5, 5.41) is 2.90. The molecule has 2 amide bonds. The molecule has 98 valence electrons. The lowest BCUT2D eigenvalue weighted by molar-refractivity contribution is 0.130. The molecule has 0 aliphatic carbocycles. The molecule has 0 radical (unpaired) electrons. The Labute approximate surface area is 108 Å². The molecule has 6 heteroatoms. The summed E-state index contributed by atoms with van der Waals surface area (Å²) in [5.74, 6) is 0. The third-order valence-electron chi connectivity index (χ3n) is 2.97. The van der Waals surface area contributed by atoms with E-state index in [1.807, 2.05) is 25.7 Å². The third kappa shape index (κ3) is 4.12. The smallest absolute Gasteiger partial charge is 0.317 e. The van der Waals surface area contributed by atoms with E-state index in [9.17, 15) is 4.79 Å². The van der Waals surface area contributed by atoms with E-state index in [1.165, 1.54) is 0 Å². The van der Waals surface area contributed by atoms with Crippen LogP contribution in [0.5, 0.6) is 0 Å². The lowest BCUT2D eigenvalue weighted by atomic mass is 10.2. The van der Waals surface area contributed by atoms with E-state index >= 15 is 0 Å². The van der Waals surface area contributed by atoms with Gasteiger partial charge in [-0.15, -0.1) is 0 Å². The summed E-state index contributed by atoms with van der Waals surface area (Å²) in [4.78, 5) is 16.3. The molecule has 0 bridgehead atoms. The molecule has 1 atom stereocenters. The van der Waals surface area contributed by atoms with Gasteiger partial charge in [0.2, 0.25) is 0 Å². The van der Waals surface area contributed by atoms with Crippen LogP contribution in [0.25, 0.3) is 0 Å². The number of thiocarbonyl (C=S) groups is 1. The fourth-order valence-corrected chi connectivity index (χ4v) is 1.98. The molecule has 0 aromatic carbocycles. The second kappa shape index (κ2) is 6.16. The minimum Gasteiger partial charge on any atom is -0.392 e. The highest BCUT2D eigenvalue weighted by atomic mass is 32.1. The maximum Gasteiger partial charge on any atom is 0.317 e. The Morgan fingerprint density at radius 3 is 2.18 bits per heavy atom. The van der Waals surface area contributed by atoms with Crippen molar-refractivity contribution in [2.75, 3.05) is 26.2 Å². The van der Waals surface area contributed by atoms with Gasteiger partial charge in [-0.3, -0.25) is 4.90 Å². The minimum absolute atomic E-state index is 0.0163. The van der Waals surface area contributed by atoms with Crippen LogP contribution < -0.4 is 11.1 Å². The highest BCUT2D eigenvalue weighted by Gasteiger charge is 2.25. The van der Waals surface area contributed by atoms with Gasteiger partial charge >= 0.3 is 6.03 Å². The first-order valence-electron chi connectivity index (χ1n) is 6.00. The van der Waals surface area contributed by atoms with Gasteiger partial charge < -0.3 is 16.0 Å². The molecule has 17 heavy (non-hydrogen) atoms. The van der Waals surface area contributed by atoms with Gasteiger partial charge in [-0.1, -0.05) is 12.2 Å². The van der Waals surface area contributed by atoms with Gasteiger partial charge in [-0.25, -0.2) is 4.79 Å². The molecule has 0 aromatic heterocycles. The van der Waals surface area contributed by atoms with E-state index in [4.69, 9.17) is 18.0 Å². The number of hydrogen-bond acceptors (Lipinski definition) is 3. The van der Waals surface area contributed by atoms with Crippen LogP contribution in [0.1, 0.15) is 20.8 Å². The van der Waals surface area contributed by atoms with Gasteiger partial charge in [-0.05, 0) is 20.8 Å². The SMILES string of the molecule is CC(C)NC(=O)N1CCN(C(C)C(N)=S)CC1. The Kier molecular flexibility index (Phi) is 5.14. The average Bonchev–Trinajstić information content (AvgIpc) is 2.27. The van der Waals surface area contributed by atoms with Crippen molar-refractivity contribution < 1.29 is 4.79 Å². The van der Waals surface area contributed by atoms with Gasteiger partial charge in [0.1, 0.15) is 0 Å². The van der Waals surface area contributed by atoms with E-state index in [0.29, 0.717) is 4.99 Å². The summed E-state index contributed by atoms with van der Waals surface area (Å²) < 4.78 is 0. The van der Waals surface area contributed by atoms with Crippen LogP contribution in [-0.2, 0) is 0 Å². The molecule has 1 heterocycles. The highest BCUT2D eigenvalue weighted by molar-refractivity contribution is 7.80. The summed E-state index contributed by atoms with van der Waals surface area (Å²) >= 11 is 4.98. The Morgan fingerprint density at radius 1 is 1.24 bits per heavy atom. The first-order chi connectivity index (χ1) is 7.91. The summed E-state index contributed by atoms with van der Waals surface area (Å²) in [6.45, 7) is 9.03. The van der Waals surface area contributed by atoms with E-state index in [-0.39, 0.29) is 18.1 Å². The standard InChI is InChI=1S/C11H22N4OS/c1-8(2)13-11(16)15-6-4-14(5-7-15)9(3)10(12)17/h8-9H,4-7H2,1-3H3,(H2,12,17)(H,13,16). The zero-order chi connectivity index (χ0) is 13.0. The van der Waals surface area contributed by atoms with Crippen LogP contribution in [0.3, 0.4) is 0 Å². The molecular weight excluding hydrogens is 236 g/mol. The molecule has 1 rings (SSSR count). The Balaban J connectivity index is 2.40. The quantitative estimate of drug-likeness (QED) is 0.719. The number of nitrogens with zero attached hydrogens (tertiary/aromatic N) is 2. The summed E-state index contributed by atoms with van der Waals surface area (Å²) in [6, 6.07) is 0.305. The van der Waals surface area contributed by atoms with E-state index < -0.39 is 0 Å². The van der Waals surface area contributed by atoms with Crippen molar-refractivity contribution in [3.63, 3.8) is 0 Å². The summed E-state index contributed by atoms with van der Waals surface area (Å²) in [7, 11) is 0. The van der Waals surface area contributed by atoms with Crippen LogP contribution in [0.15, 0.2) is 0 Å². The van der Waals surface area contributed by atoms with Crippen LogP contribution in [0.2, 0.25) is 0 Å². The van der Waals surface area contributed by atoms with Crippen LogP contribution in [-0.4, -0.2) is 59.1 Å². The largest absolute Gasteiger partial charge is 0.392 e. The normalized spacial score (nSPS) is 19.2. The highest BCUT2D eigenvalue weighted by Crippen LogP contribution is 2.07. The first-order valence-corrected chi connectivity index (χ1v) is 6.41. The molecule has 1 saturated heterocycles. The van der Waals surface area contributed by atoms with Crippen molar-refractivity contribution in [1.82, 2.24) is 15.1 Å². The fraction of sp³-hybridized carbons (Fsp3) is 0.818. The molecule has 0 aromatic rings. The van der Waals surface area contributed by atoms with Gasteiger partial charge in [0, 0.05) is 32.2 Å². The minimum atomic E-state index is 0.0163. The second-order valence-corrected chi connectivity index (χ2v) is 5.18. The number of urea groups is 1. The Bertz CT molecular complexity index is 287. The fourth-order valence-electron chi connectivity index (χ4n) is 1.83. The lowest BCUT2D eigenvalue weighted by Crippen LogP contribution is -2.56. The van der Waals surface area contributed by atoms with Crippen molar-refractivity contribution in [3.8, 4) is 0 Å². The second-order valence-electron chi connectivity index (χ2n) is 4.71. The number of nitrogens with one attached hydrogen (secondary N) is 1. The molecule has 1 aliphatic heterocycles. The van der Waals surface area contributed by atoms with Gasteiger partial charge in [-0.2, -0.15) is 0 Å². The lowest BCUT2D eigenvalue weighted by Gasteiger charge is -2.37. The summed E-state index contributed by atoms with van der Waals surface area (Å²) in [5.41, 5.74) is 5.62. The predicted molar refractivity (Wildman–Crippen MR) is 73.1 cm³/mol. The van der Waals surface area contributed by atoms with Crippen molar-refractivity contribution >= 4 is 23.2 Å². The van der Waals surface area contributed by atoms with Crippen molar-refractivity contribution in [3.05, 3.63) is 0 Å². The Hall–Kier alpha value is -0.880. The molecular formula is C11H22N4OS. The predicted octanol–water partition coefficient (Wildman–Crippen LogP) is 0.397. The number of piperazine rings is 1. The van der Waals surface area contributed by atoms with Crippen LogP contribution >= 0.6 is 12.2 Å². The molecule has 0 spiro atoms.